The monoisotopic (exact) mass is 256 g/mol. The molecular formula is C13H21ClN2O. The van der Waals surface area contributed by atoms with Gasteiger partial charge in [0.05, 0.1) is 7.11 Å². The Morgan fingerprint density at radius 1 is 1.18 bits per heavy atom. The topological polar surface area (TPSA) is 61.3 Å². The Hall–Kier alpha value is -0.770. The number of halogens is 1. The minimum absolute atomic E-state index is 0.133. The summed E-state index contributed by atoms with van der Waals surface area (Å²) in [5, 5.41) is 0.769. The summed E-state index contributed by atoms with van der Waals surface area (Å²) in [6, 6.07) is -0.133. The summed E-state index contributed by atoms with van der Waals surface area (Å²) in [7, 11) is 1.66. The van der Waals surface area contributed by atoms with Gasteiger partial charge < -0.3 is 16.2 Å². The van der Waals surface area contributed by atoms with Crippen molar-refractivity contribution in [1.29, 1.82) is 0 Å². The van der Waals surface area contributed by atoms with Gasteiger partial charge >= 0.3 is 0 Å². The van der Waals surface area contributed by atoms with Crippen molar-refractivity contribution in [2.24, 2.45) is 11.5 Å². The Kier molecular flexibility index (Phi) is 4.80. The van der Waals surface area contributed by atoms with E-state index in [0.717, 1.165) is 39.4 Å². The van der Waals surface area contributed by atoms with Gasteiger partial charge in [0.1, 0.15) is 5.75 Å². The summed E-state index contributed by atoms with van der Waals surface area (Å²) in [5.41, 5.74) is 15.8. The first-order valence-corrected chi connectivity index (χ1v) is 6.12. The highest BCUT2D eigenvalue weighted by atomic mass is 35.5. The molecule has 1 aromatic rings. The molecule has 0 aliphatic carbocycles. The Bertz CT molecular complexity index is 419. The van der Waals surface area contributed by atoms with Gasteiger partial charge in [0.25, 0.3) is 0 Å². The zero-order valence-corrected chi connectivity index (χ0v) is 11.7. The Labute approximate surface area is 108 Å². The average molecular weight is 257 g/mol. The normalized spacial score (nSPS) is 12.6. The molecule has 3 nitrogen and oxygen atoms in total. The zero-order valence-electron chi connectivity index (χ0n) is 10.9. The summed E-state index contributed by atoms with van der Waals surface area (Å²) in [6.45, 7) is 6.51. The van der Waals surface area contributed by atoms with Crippen LogP contribution in [0.25, 0.3) is 0 Å². The molecule has 4 N–H and O–H groups in total. The fourth-order valence-corrected chi connectivity index (χ4v) is 2.38. The molecule has 0 fully saturated rings. The third-order valence-electron chi connectivity index (χ3n) is 3.26. The van der Waals surface area contributed by atoms with Gasteiger partial charge in [-0.25, -0.2) is 0 Å². The predicted octanol–water partition coefficient (Wildman–Crippen LogP) is 2.62. The largest absolute Gasteiger partial charge is 0.496 e. The van der Waals surface area contributed by atoms with E-state index in [1.807, 2.05) is 20.8 Å². The van der Waals surface area contributed by atoms with Crippen LogP contribution in [0.1, 0.15) is 34.7 Å². The van der Waals surface area contributed by atoms with Crippen molar-refractivity contribution in [3.63, 3.8) is 0 Å². The van der Waals surface area contributed by atoms with Crippen molar-refractivity contribution in [2.75, 3.05) is 13.7 Å². The second kappa shape index (κ2) is 5.71. The molecule has 1 unspecified atom stereocenters. The Morgan fingerprint density at radius 2 is 1.76 bits per heavy atom. The van der Waals surface area contributed by atoms with Gasteiger partial charge in [0.15, 0.2) is 0 Å². The standard InChI is InChI=1S/C13H21ClN2O/c1-7-8(2)13(17-4)11(9(3)12(7)14)10(16)5-6-15/h10H,5-6,15-16H2,1-4H3. The summed E-state index contributed by atoms with van der Waals surface area (Å²) in [5.74, 6) is 0.838. The van der Waals surface area contributed by atoms with E-state index in [-0.39, 0.29) is 6.04 Å². The molecule has 0 spiro atoms. The van der Waals surface area contributed by atoms with E-state index in [9.17, 15) is 0 Å². The minimum Gasteiger partial charge on any atom is -0.496 e. The molecule has 0 saturated heterocycles. The summed E-state index contributed by atoms with van der Waals surface area (Å²) in [6.07, 6.45) is 0.718. The van der Waals surface area contributed by atoms with Gasteiger partial charge in [-0.15, -0.1) is 0 Å². The Balaban J connectivity index is 3.46. The second-order valence-corrected chi connectivity index (χ2v) is 4.70. The molecule has 4 heteroatoms. The van der Waals surface area contributed by atoms with E-state index in [0.29, 0.717) is 6.54 Å². The lowest BCUT2D eigenvalue weighted by Gasteiger charge is -2.22. The molecule has 0 bridgehead atoms. The summed E-state index contributed by atoms with van der Waals surface area (Å²) >= 11 is 6.32. The van der Waals surface area contributed by atoms with Crippen LogP contribution in [0.5, 0.6) is 5.75 Å². The van der Waals surface area contributed by atoms with Crippen molar-refractivity contribution < 1.29 is 4.74 Å². The fraction of sp³-hybridized carbons (Fsp3) is 0.538. The highest BCUT2D eigenvalue weighted by Gasteiger charge is 2.21. The van der Waals surface area contributed by atoms with Crippen LogP contribution in [0.4, 0.5) is 0 Å². The van der Waals surface area contributed by atoms with Crippen LogP contribution < -0.4 is 16.2 Å². The molecule has 1 atom stereocenters. The van der Waals surface area contributed by atoms with E-state index < -0.39 is 0 Å². The van der Waals surface area contributed by atoms with Gasteiger partial charge in [-0.3, -0.25) is 0 Å². The maximum absolute atomic E-state index is 6.32. The van der Waals surface area contributed by atoms with E-state index in [2.05, 4.69) is 0 Å². The number of methoxy groups -OCH3 is 1. The molecule has 0 aliphatic rings. The fourth-order valence-electron chi connectivity index (χ4n) is 2.14. The molecule has 1 rings (SSSR count). The van der Waals surface area contributed by atoms with E-state index in [1.165, 1.54) is 0 Å². The predicted molar refractivity (Wildman–Crippen MR) is 72.8 cm³/mol. The average Bonchev–Trinajstić information content (AvgIpc) is 2.31. The van der Waals surface area contributed by atoms with Gasteiger partial charge in [-0.2, -0.15) is 0 Å². The SMILES string of the molecule is COc1c(C)c(C)c(Cl)c(C)c1C(N)CCN. The van der Waals surface area contributed by atoms with E-state index >= 15 is 0 Å². The lowest BCUT2D eigenvalue weighted by atomic mass is 9.93. The molecule has 0 aromatic heterocycles. The van der Waals surface area contributed by atoms with Gasteiger partial charge in [0.2, 0.25) is 0 Å². The minimum atomic E-state index is -0.133. The van der Waals surface area contributed by atoms with Crippen LogP contribution in [0, 0.1) is 20.8 Å². The van der Waals surface area contributed by atoms with Gasteiger partial charge in [0, 0.05) is 16.6 Å². The highest BCUT2D eigenvalue weighted by Crippen LogP contribution is 2.39. The molecular weight excluding hydrogens is 236 g/mol. The van der Waals surface area contributed by atoms with Crippen LogP contribution in [-0.2, 0) is 0 Å². The highest BCUT2D eigenvalue weighted by molar-refractivity contribution is 6.32. The number of hydrogen-bond donors (Lipinski definition) is 2. The van der Waals surface area contributed by atoms with Crippen molar-refractivity contribution in [3.05, 3.63) is 27.3 Å². The van der Waals surface area contributed by atoms with Crippen LogP contribution in [0.3, 0.4) is 0 Å². The molecule has 96 valence electrons. The zero-order chi connectivity index (χ0) is 13.2. The number of hydrogen-bond acceptors (Lipinski definition) is 3. The molecule has 0 aliphatic heterocycles. The third-order valence-corrected chi connectivity index (χ3v) is 3.83. The van der Waals surface area contributed by atoms with Crippen molar-refractivity contribution in [1.82, 2.24) is 0 Å². The van der Waals surface area contributed by atoms with Crippen molar-refractivity contribution in [2.45, 2.75) is 33.2 Å². The maximum atomic E-state index is 6.32. The Morgan fingerprint density at radius 3 is 2.24 bits per heavy atom. The van der Waals surface area contributed by atoms with Gasteiger partial charge in [-0.05, 0) is 50.4 Å². The van der Waals surface area contributed by atoms with Crippen LogP contribution >= 0.6 is 11.6 Å². The molecule has 0 amide bonds. The lowest BCUT2D eigenvalue weighted by Crippen LogP contribution is -2.18. The smallest absolute Gasteiger partial charge is 0.127 e. The molecule has 17 heavy (non-hydrogen) atoms. The van der Waals surface area contributed by atoms with Crippen LogP contribution in [-0.4, -0.2) is 13.7 Å². The third kappa shape index (κ3) is 2.57. The number of benzene rings is 1. The first-order valence-electron chi connectivity index (χ1n) is 5.74. The quantitative estimate of drug-likeness (QED) is 0.871. The lowest BCUT2D eigenvalue weighted by molar-refractivity contribution is 0.400. The molecule has 1 aromatic carbocycles. The van der Waals surface area contributed by atoms with E-state index in [4.69, 9.17) is 27.8 Å². The number of nitrogens with two attached hydrogens (primary N) is 2. The second-order valence-electron chi connectivity index (χ2n) is 4.32. The van der Waals surface area contributed by atoms with E-state index in [1.54, 1.807) is 7.11 Å². The van der Waals surface area contributed by atoms with Crippen LogP contribution in [0.2, 0.25) is 5.02 Å². The van der Waals surface area contributed by atoms with Crippen molar-refractivity contribution in [3.8, 4) is 5.75 Å². The van der Waals surface area contributed by atoms with Crippen LogP contribution in [0.15, 0.2) is 0 Å². The number of ether oxygens (including phenoxy) is 1. The summed E-state index contributed by atoms with van der Waals surface area (Å²) < 4.78 is 5.48. The molecule has 0 heterocycles. The maximum Gasteiger partial charge on any atom is 0.127 e. The number of rotatable bonds is 4. The first-order chi connectivity index (χ1) is 7.95. The van der Waals surface area contributed by atoms with Gasteiger partial charge in [-0.1, -0.05) is 11.6 Å². The molecule has 0 saturated carbocycles. The first kappa shape index (κ1) is 14.3. The summed E-state index contributed by atoms with van der Waals surface area (Å²) in [4.78, 5) is 0. The molecule has 0 radical (unpaired) electrons. The van der Waals surface area contributed by atoms with Crippen molar-refractivity contribution >= 4 is 11.6 Å².